The second-order valence-corrected chi connectivity index (χ2v) is 7.97. The first-order valence-electron chi connectivity index (χ1n) is 10.1. The number of aromatic nitrogens is 2. The van der Waals surface area contributed by atoms with Crippen molar-refractivity contribution in [3.05, 3.63) is 47.0 Å². The zero-order chi connectivity index (χ0) is 22.3. The summed E-state index contributed by atoms with van der Waals surface area (Å²) >= 11 is 0. The quantitative estimate of drug-likeness (QED) is 0.682. The van der Waals surface area contributed by atoms with Crippen LogP contribution < -0.4 is 10.5 Å². The lowest BCUT2D eigenvalue weighted by Crippen LogP contribution is -2.59. The minimum atomic E-state index is -0.741. The number of hydrogen-bond acceptors (Lipinski definition) is 8. The molecule has 4 heterocycles. The summed E-state index contributed by atoms with van der Waals surface area (Å²) in [5.74, 6) is -0.908. The monoisotopic (exact) mass is 421 g/mol. The van der Waals surface area contributed by atoms with E-state index in [4.69, 9.17) is 15.9 Å². The van der Waals surface area contributed by atoms with Crippen LogP contribution in [-0.4, -0.2) is 52.5 Å². The molecular formula is C22H24FN7O. The molecule has 1 aromatic heterocycles. The summed E-state index contributed by atoms with van der Waals surface area (Å²) in [6, 6.07) is 6.82. The number of rotatable bonds is 1. The predicted octanol–water partition coefficient (Wildman–Crippen LogP) is 2.66. The van der Waals surface area contributed by atoms with Gasteiger partial charge in [-0.3, -0.25) is 9.89 Å². The molecule has 0 aliphatic carbocycles. The van der Waals surface area contributed by atoms with Crippen molar-refractivity contribution in [2.24, 2.45) is 4.99 Å². The molecule has 9 heteroatoms. The van der Waals surface area contributed by atoms with Gasteiger partial charge in [-0.05, 0) is 50.1 Å². The van der Waals surface area contributed by atoms with Crippen molar-refractivity contribution in [3.63, 3.8) is 0 Å². The van der Waals surface area contributed by atoms with Crippen molar-refractivity contribution in [2.75, 3.05) is 19.8 Å². The number of nitriles is 1. The maximum absolute atomic E-state index is 14.1. The van der Waals surface area contributed by atoms with Crippen LogP contribution in [0, 0.1) is 22.6 Å². The van der Waals surface area contributed by atoms with Crippen molar-refractivity contribution >= 4 is 17.2 Å². The molecule has 3 N–H and O–H groups in total. The van der Waals surface area contributed by atoms with Crippen LogP contribution in [0.2, 0.25) is 0 Å². The predicted molar refractivity (Wildman–Crippen MR) is 115 cm³/mol. The maximum atomic E-state index is 14.1. The van der Waals surface area contributed by atoms with Crippen LogP contribution in [0.5, 0.6) is 5.88 Å². The zero-order valence-corrected chi connectivity index (χ0v) is 17.6. The van der Waals surface area contributed by atoms with E-state index in [0.29, 0.717) is 17.8 Å². The molecule has 1 saturated heterocycles. The number of aliphatic imine (C=N–C) groups is 1. The van der Waals surface area contributed by atoms with Gasteiger partial charge in [0.2, 0.25) is 0 Å². The highest BCUT2D eigenvalue weighted by molar-refractivity contribution is 6.18. The minimum Gasteiger partial charge on any atom is -0.467 e. The largest absolute Gasteiger partial charge is 0.467 e. The fourth-order valence-electron chi connectivity index (χ4n) is 4.40. The molecule has 0 radical (unpaired) electrons. The molecule has 160 valence electrons. The molecule has 8 nitrogen and oxygen atoms in total. The second-order valence-electron chi connectivity index (χ2n) is 7.97. The summed E-state index contributed by atoms with van der Waals surface area (Å²) < 4.78 is 20.1. The molecule has 2 aromatic rings. The number of likely N-dealkylation sites (N-methyl/N-ethyl adjacent to an activating group) is 1. The van der Waals surface area contributed by atoms with E-state index in [9.17, 15) is 9.65 Å². The Labute approximate surface area is 180 Å². The normalized spacial score (nSPS) is 26.3. The molecule has 0 spiro atoms. The third kappa shape index (κ3) is 3.64. The molecule has 0 amide bonds. The van der Waals surface area contributed by atoms with Gasteiger partial charge in [0.25, 0.3) is 5.88 Å². The zero-order valence-electron chi connectivity index (χ0n) is 17.6. The SMILES string of the molecule is CN=C(C#N)C1C(=N)C2CC(Cc3ccc(F)cc3C(C)Oc3nc1cnc3N)N2C. The summed E-state index contributed by atoms with van der Waals surface area (Å²) in [4.78, 5) is 14.9. The fraction of sp³-hybridized carbons (Fsp3) is 0.409. The number of anilines is 1. The van der Waals surface area contributed by atoms with Gasteiger partial charge in [-0.15, -0.1) is 0 Å². The molecule has 0 saturated carbocycles. The molecule has 1 fully saturated rings. The van der Waals surface area contributed by atoms with Crippen LogP contribution in [0.4, 0.5) is 10.2 Å². The van der Waals surface area contributed by atoms with Crippen molar-refractivity contribution in [1.82, 2.24) is 14.9 Å². The number of ether oxygens (including phenoxy) is 1. The minimum absolute atomic E-state index is 0.0852. The number of nitrogens with one attached hydrogen (secondary N) is 1. The third-order valence-electron chi connectivity index (χ3n) is 6.23. The molecular weight excluding hydrogens is 397 g/mol. The van der Waals surface area contributed by atoms with Gasteiger partial charge >= 0.3 is 0 Å². The molecule has 5 rings (SSSR count). The Hall–Kier alpha value is -3.38. The molecule has 3 aliphatic heterocycles. The smallest absolute Gasteiger partial charge is 0.258 e. The van der Waals surface area contributed by atoms with Gasteiger partial charge in [-0.1, -0.05) is 6.07 Å². The van der Waals surface area contributed by atoms with Gasteiger partial charge in [0, 0.05) is 24.8 Å². The van der Waals surface area contributed by atoms with Gasteiger partial charge in [0.15, 0.2) is 5.82 Å². The van der Waals surface area contributed by atoms with Crippen LogP contribution >= 0.6 is 0 Å². The molecule has 4 atom stereocenters. The number of nitrogens with two attached hydrogens (primary N) is 1. The highest BCUT2D eigenvalue weighted by Crippen LogP contribution is 2.36. The summed E-state index contributed by atoms with van der Waals surface area (Å²) in [7, 11) is 3.48. The highest BCUT2D eigenvalue weighted by atomic mass is 19.1. The number of hydrogen-bond donors (Lipinski definition) is 2. The molecule has 3 aliphatic rings. The van der Waals surface area contributed by atoms with Crippen molar-refractivity contribution in [2.45, 2.75) is 43.9 Å². The van der Waals surface area contributed by atoms with Crippen LogP contribution in [-0.2, 0) is 6.42 Å². The van der Waals surface area contributed by atoms with E-state index in [0.717, 1.165) is 17.5 Å². The molecule has 4 bridgehead atoms. The molecule has 31 heavy (non-hydrogen) atoms. The number of nitrogens with zero attached hydrogens (tertiary/aromatic N) is 5. The Bertz CT molecular complexity index is 1110. The van der Waals surface area contributed by atoms with Gasteiger partial charge in [-0.25, -0.2) is 14.4 Å². The first kappa shape index (κ1) is 20.9. The van der Waals surface area contributed by atoms with Crippen LogP contribution in [0.1, 0.15) is 42.2 Å². The van der Waals surface area contributed by atoms with Crippen LogP contribution in [0.3, 0.4) is 0 Å². The van der Waals surface area contributed by atoms with E-state index in [1.165, 1.54) is 25.4 Å². The van der Waals surface area contributed by atoms with E-state index < -0.39 is 12.0 Å². The Kier molecular flexibility index (Phi) is 5.41. The van der Waals surface area contributed by atoms with Gasteiger partial charge in [-0.2, -0.15) is 5.26 Å². The van der Waals surface area contributed by atoms with E-state index in [1.54, 1.807) is 6.07 Å². The van der Waals surface area contributed by atoms with Gasteiger partial charge in [0.05, 0.1) is 17.8 Å². The Morgan fingerprint density at radius 3 is 2.90 bits per heavy atom. The van der Waals surface area contributed by atoms with Crippen molar-refractivity contribution < 1.29 is 9.13 Å². The Morgan fingerprint density at radius 1 is 1.45 bits per heavy atom. The molecule has 1 aromatic carbocycles. The lowest BCUT2D eigenvalue weighted by atomic mass is 9.79. The van der Waals surface area contributed by atoms with Gasteiger partial charge < -0.3 is 15.9 Å². The summed E-state index contributed by atoms with van der Waals surface area (Å²) in [6.45, 7) is 1.81. The summed E-state index contributed by atoms with van der Waals surface area (Å²) in [6.07, 6.45) is 2.38. The number of benzene rings is 1. The van der Waals surface area contributed by atoms with Gasteiger partial charge in [0.1, 0.15) is 23.7 Å². The average molecular weight is 421 g/mol. The fourth-order valence-corrected chi connectivity index (χ4v) is 4.40. The Balaban J connectivity index is 1.87. The van der Waals surface area contributed by atoms with E-state index >= 15 is 0 Å². The molecule has 4 unspecified atom stereocenters. The van der Waals surface area contributed by atoms with E-state index in [2.05, 4.69) is 25.9 Å². The number of nitrogen functional groups attached to an aromatic ring is 1. The van der Waals surface area contributed by atoms with Crippen LogP contribution in [0.15, 0.2) is 29.4 Å². The lowest BCUT2D eigenvalue weighted by Gasteiger charge is -2.48. The first-order valence-corrected chi connectivity index (χ1v) is 10.1. The first-order chi connectivity index (χ1) is 14.8. The number of fused-ring (bicyclic) bond motifs is 2. The standard InChI is InChI=1S/C22H24FN7O/c1-11-15-7-13(23)5-4-12(15)6-14-8-18(30(14)3)20(25)19(16(9-24)27-2)17-10-28-21(26)22(29-17)31-11/h4-5,7,10-11,14,18-19,25H,6,8H2,1-3H3,(H2,26,28). The van der Waals surface area contributed by atoms with Crippen molar-refractivity contribution in [1.29, 1.82) is 10.7 Å². The summed E-state index contributed by atoms with van der Waals surface area (Å²) in [5, 5.41) is 18.5. The average Bonchev–Trinajstić information content (AvgIpc) is 2.76. The Morgan fingerprint density at radius 2 is 2.23 bits per heavy atom. The van der Waals surface area contributed by atoms with Crippen LogP contribution in [0.25, 0.3) is 0 Å². The maximum Gasteiger partial charge on any atom is 0.258 e. The highest BCUT2D eigenvalue weighted by Gasteiger charge is 2.43. The lowest BCUT2D eigenvalue weighted by molar-refractivity contribution is 0.0853. The second kappa shape index (κ2) is 8.04. The van der Waals surface area contributed by atoms with E-state index in [-0.39, 0.29) is 35.3 Å². The summed E-state index contributed by atoms with van der Waals surface area (Å²) in [5.41, 5.74) is 8.59. The van der Waals surface area contributed by atoms with Crippen molar-refractivity contribution in [3.8, 4) is 11.9 Å². The van der Waals surface area contributed by atoms with E-state index in [1.807, 2.05) is 14.0 Å². The topological polar surface area (TPSA) is 124 Å². The number of halogens is 1. The third-order valence-corrected chi connectivity index (χ3v) is 6.23.